The third kappa shape index (κ3) is 2.17. The van der Waals surface area contributed by atoms with Gasteiger partial charge in [0.05, 0.1) is 4.88 Å². The molecule has 0 saturated carbocycles. The zero-order valence-corrected chi connectivity index (χ0v) is 11.5. The fraction of sp³-hybridized carbons (Fsp3) is 0.214. The fourth-order valence-corrected chi connectivity index (χ4v) is 2.78. The summed E-state index contributed by atoms with van der Waals surface area (Å²) >= 11 is 1.44. The molecule has 5 heteroatoms. The molecular weight excluding hydrogens is 262 g/mol. The number of aryl methyl sites for hydroxylation is 2. The quantitative estimate of drug-likeness (QED) is 0.914. The number of carbonyl (C=O) groups excluding carboxylic acids is 1. The van der Waals surface area contributed by atoms with E-state index in [4.69, 9.17) is 9.47 Å². The van der Waals surface area contributed by atoms with Gasteiger partial charge in [-0.1, -0.05) is 0 Å². The molecule has 1 N–H and O–H groups in total. The van der Waals surface area contributed by atoms with Gasteiger partial charge in [0.2, 0.25) is 6.79 Å². The summed E-state index contributed by atoms with van der Waals surface area (Å²) in [5.74, 6) is 1.31. The first-order valence-electron chi connectivity index (χ1n) is 5.91. The monoisotopic (exact) mass is 275 g/mol. The van der Waals surface area contributed by atoms with Gasteiger partial charge in [0.25, 0.3) is 5.91 Å². The summed E-state index contributed by atoms with van der Waals surface area (Å²) in [7, 11) is 0. The molecule has 3 rings (SSSR count). The van der Waals surface area contributed by atoms with Crippen LogP contribution in [0, 0.1) is 13.8 Å². The number of thiophene rings is 1. The number of anilines is 1. The van der Waals surface area contributed by atoms with Gasteiger partial charge in [-0.25, -0.2) is 0 Å². The van der Waals surface area contributed by atoms with Crippen LogP contribution in [0.25, 0.3) is 0 Å². The Balaban J connectivity index is 1.88. The largest absolute Gasteiger partial charge is 0.454 e. The molecule has 0 unspecified atom stereocenters. The van der Waals surface area contributed by atoms with Gasteiger partial charge >= 0.3 is 0 Å². The minimum Gasteiger partial charge on any atom is -0.454 e. The van der Waals surface area contributed by atoms with Crippen molar-refractivity contribution in [1.29, 1.82) is 0 Å². The lowest BCUT2D eigenvalue weighted by Crippen LogP contribution is -2.12. The summed E-state index contributed by atoms with van der Waals surface area (Å²) < 4.78 is 10.6. The Morgan fingerprint density at radius 2 is 1.95 bits per heavy atom. The van der Waals surface area contributed by atoms with Crippen molar-refractivity contribution in [3.05, 3.63) is 39.6 Å². The van der Waals surface area contributed by atoms with Crippen LogP contribution < -0.4 is 14.8 Å². The third-order valence-electron chi connectivity index (χ3n) is 3.04. The zero-order valence-electron chi connectivity index (χ0n) is 10.6. The number of hydrogen-bond acceptors (Lipinski definition) is 4. The smallest absolute Gasteiger partial charge is 0.266 e. The Morgan fingerprint density at radius 3 is 2.63 bits per heavy atom. The molecule has 4 nitrogen and oxygen atoms in total. The molecule has 1 aromatic heterocycles. The molecule has 0 bridgehead atoms. The Morgan fingerprint density at radius 1 is 1.21 bits per heavy atom. The number of rotatable bonds is 2. The molecular formula is C14H13NO3S. The van der Waals surface area contributed by atoms with E-state index >= 15 is 0 Å². The highest BCUT2D eigenvalue weighted by Gasteiger charge is 2.18. The van der Waals surface area contributed by atoms with Gasteiger partial charge < -0.3 is 14.8 Å². The van der Waals surface area contributed by atoms with E-state index in [2.05, 4.69) is 5.32 Å². The van der Waals surface area contributed by atoms with E-state index in [0.717, 1.165) is 27.4 Å². The average molecular weight is 275 g/mol. The number of benzene rings is 1. The molecule has 19 heavy (non-hydrogen) atoms. The Bertz CT molecular complexity index is 648. The Hall–Kier alpha value is -2.01. The molecule has 2 aromatic rings. The van der Waals surface area contributed by atoms with Crippen molar-refractivity contribution < 1.29 is 14.3 Å². The summed E-state index contributed by atoms with van der Waals surface area (Å²) in [6.45, 7) is 4.09. The molecule has 0 spiro atoms. The number of amides is 1. The first-order valence-corrected chi connectivity index (χ1v) is 6.79. The lowest BCUT2D eigenvalue weighted by molar-refractivity contribution is 0.103. The van der Waals surface area contributed by atoms with E-state index in [9.17, 15) is 4.79 Å². The maximum absolute atomic E-state index is 12.2. The van der Waals surface area contributed by atoms with Crippen LogP contribution in [0.3, 0.4) is 0 Å². The summed E-state index contributed by atoms with van der Waals surface area (Å²) in [6, 6.07) is 5.61. The topological polar surface area (TPSA) is 47.6 Å². The maximum Gasteiger partial charge on any atom is 0.266 e. The van der Waals surface area contributed by atoms with Crippen molar-refractivity contribution in [3.8, 4) is 11.5 Å². The van der Waals surface area contributed by atoms with Crippen molar-refractivity contribution in [2.24, 2.45) is 0 Å². The maximum atomic E-state index is 12.2. The highest BCUT2D eigenvalue weighted by atomic mass is 32.1. The number of carbonyl (C=O) groups is 1. The number of fused-ring (bicyclic) bond motifs is 1. The van der Waals surface area contributed by atoms with Crippen molar-refractivity contribution in [2.45, 2.75) is 13.8 Å². The van der Waals surface area contributed by atoms with Crippen LogP contribution in [0.4, 0.5) is 5.69 Å². The van der Waals surface area contributed by atoms with Crippen LogP contribution in [-0.2, 0) is 0 Å². The molecule has 0 radical (unpaired) electrons. The van der Waals surface area contributed by atoms with Crippen LogP contribution in [0.2, 0.25) is 0 Å². The van der Waals surface area contributed by atoms with E-state index < -0.39 is 0 Å². The molecule has 0 saturated heterocycles. The second-order valence-electron chi connectivity index (χ2n) is 4.41. The van der Waals surface area contributed by atoms with E-state index in [1.165, 1.54) is 11.3 Å². The van der Waals surface area contributed by atoms with Crippen LogP contribution in [0.5, 0.6) is 11.5 Å². The molecule has 0 atom stereocenters. The van der Waals surface area contributed by atoms with Gasteiger partial charge in [-0.15, -0.1) is 11.3 Å². The van der Waals surface area contributed by atoms with Gasteiger partial charge in [-0.05, 0) is 42.5 Å². The van der Waals surface area contributed by atoms with Crippen LogP contribution >= 0.6 is 11.3 Å². The van der Waals surface area contributed by atoms with Gasteiger partial charge in [-0.3, -0.25) is 4.79 Å². The van der Waals surface area contributed by atoms with Crippen molar-refractivity contribution >= 4 is 22.9 Å². The second kappa shape index (κ2) is 4.59. The molecule has 1 aromatic carbocycles. The summed E-state index contributed by atoms with van der Waals surface area (Å²) in [4.78, 5) is 12.9. The van der Waals surface area contributed by atoms with Gasteiger partial charge in [0.15, 0.2) is 11.5 Å². The molecule has 2 heterocycles. The Kier molecular flexibility index (Phi) is 2.91. The van der Waals surface area contributed by atoms with Crippen molar-refractivity contribution in [3.63, 3.8) is 0 Å². The lowest BCUT2D eigenvalue weighted by atomic mass is 10.1. The summed E-state index contributed by atoms with van der Waals surface area (Å²) in [6.07, 6.45) is 0. The van der Waals surface area contributed by atoms with E-state index in [-0.39, 0.29) is 12.7 Å². The van der Waals surface area contributed by atoms with Gasteiger partial charge in [-0.2, -0.15) is 0 Å². The summed E-state index contributed by atoms with van der Waals surface area (Å²) in [5.41, 5.74) is 2.69. The van der Waals surface area contributed by atoms with Crippen molar-refractivity contribution in [1.82, 2.24) is 0 Å². The molecule has 1 aliphatic heterocycles. The van der Waals surface area contributed by atoms with E-state index in [1.807, 2.05) is 31.4 Å². The highest BCUT2D eigenvalue weighted by Crippen LogP contribution is 2.36. The standard InChI is InChI=1S/C14H13NO3S/c1-8-3-4-19-13(8)14(16)15-10-6-12-11(5-9(10)2)17-7-18-12/h3-6H,7H2,1-2H3,(H,15,16). The minimum absolute atomic E-state index is 0.0885. The first kappa shape index (κ1) is 12.0. The predicted octanol–water partition coefficient (Wildman–Crippen LogP) is 3.35. The fourth-order valence-electron chi connectivity index (χ4n) is 1.96. The number of hydrogen-bond donors (Lipinski definition) is 1. The van der Waals surface area contributed by atoms with Crippen LogP contribution in [-0.4, -0.2) is 12.7 Å². The van der Waals surface area contributed by atoms with Gasteiger partial charge in [0.1, 0.15) is 0 Å². The highest BCUT2D eigenvalue weighted by molar-refractivity contribution is 7.12. The molecule has 1 aliphatic rings. The molecule has 0 aliphatic carbocycles. The molecule has 98 valence electrons. The number of ether oxygens (including phenoxy) is 2. The van der Waals surface area contributed by atoms with Crippen LogP contribution in [0.1, 0.15) is 20.8 Å². The van der Waals surface area contributed by atoms with Gasteiger partial charge in [0, 0.05) is 11.8 Å². The summed E-state index contributed by atoms with van der Waals surface area (Å²) in [5, 5.41) is 4.83. The average Bonchev–Trinajstić information content (AvgIpc) is 2.98. The predicted molar refractivity (Wildman–Crippen MR) is 74.3 cm³/mol. The molecule has 1 amide bonds. The van der Waals surface area contributed by atoms with E-state index in [1.54, 1.807) is 6.07 Å². The third-order valence-corrected chi connectivity index (χ3v) is 4.05. The first-order chi connectivity index (χ1) is 9.15. The van der Waals surface area contributed by atoms with E-state index in [0.29, 0.717) is 5.75 Å². The minimum atomic E-state index is -0.0885. The van der Waals surface area contributed by atoms with Crippen molar-refractivity contribution in [2.75, 3.05) is 12.1 Å². The SMILES string of the molecule is Cc1cc2c(cc1NC(=O)c1sccc1C)OCO2. The normalized spacial score (nSPS) is 12.5. The van der Waals surface area contributed by atoms with Crippen LogP contribution in [0.15, 0.2) is 23.6 Å². The number of nitrogens with one attached hydrogen (secondary N) is 1. The Labute approximate surface area is 115 Å². The molecule has 0 fully saturated rings. The lowest BCUT2D eigenvalue weighted by Gasteiger charge is -2.09. The zero-order chi connectivity index (χ0) is 13.4. The second-order valence-corrected chi connectivity index (χ2v) is 5.32.